The van der Waals surface area contributed by atoms with Crippen LogP contribution >= 0.6 is 0 Å². The molecule has 2 aromatic carbocycles. The zero-order chi connectivity index (χ0) is 19.4. The standard InChI is InChI=1S/C22H25FN2O2/c1-15(2)24-21(26)13-16-6-10-20(11-7-16)25(22(27)18-8-9-18)14-17-4-3-5-19(23)12-17/h3-7,10-12,15,18H,8-9,13-14H2,1-2H3,(H,24,26). The minimum atomic E-state index is -0.308. The van der Waals surface area contributed by atoms with Gasteiger partial charge in [-0.25, -0.2) is 4.39 Å². The van der Waals surface area contributed by atoms with E-state index < -0.39 is 0 Å². The van der Waals surface area contributed by atoms with Gasteiger partial charge < -0.3 is 10.2 Å². The molecule has 3 rings (SSSR count). The van der Waals surface area contributed by atoms with E-state index in [-0.39, 0.29) is 29.6 Å². The summed E-state index contributed by atoms with van der Waals surface area (Å²) in [5.41, 5.74) is 2.41. The summed E-state index contributed by atoms with van der Waals surface area (Å²) >= 11 is 0. The zero-order valence-corrected chi connectivity index (χ0v) is 15.7. The average Bonchev–Trinajstić information content (AvgIpc) is 3.44. The predicted molar refractivity (Wildman–Crippen MR) is 104 cm³/mol. The number of hydrogen-bond acceptors (Lipinski definition) is 2. The molecular formula is C22H25FN2O2. The fourth-order valence-corrected chi connectivity index (χ4v) is 3.02. The van der Waals surface area contributed by atoms with Crippen LogP contribution in [0.4, 0.5) is 10.1 Å². The van der Waals surface area contributed by atoms with Gasteiger partial charge in [-0.05, 0) is 62.1 Å². The monoisotopic (exact) mass is 368 g/mol. The molecule has 0 atom stereocenters. The van der Waals surface area contributed by atoms with Crippen molar-refractivity contribution in [1.82, 2.24) is 5.32 Å². The quantitative estimate of drug-likeness (QED) is 0.807. The average molecular weight is 368 g/mol. The number of nitrogens with zero attached hydrogens (tertiary/aromatic N) is 1. The summed E-state index contributed by atoms with van der Waals surface area (Å²) in [6.45, 7) is 4.18. The van der Waals surface area contributed by atoms with Crippen LogP contribution in [0.3, 0.4) is 0 Å². The van der Waals surface area contributed by atoms with Crippen molar-refractivity contribution in [2.45, 2.75) is 45.7 Å². The Morgan fingerprint density at radius 1 is 1.11 bits per heavy atom. The van der Waals surface area contributed by atoms with Gasteiger partial charge in [-0.3, -0.25) is 9.59 Å². The van der Waals surface area contributed by atoms with Crippen molar-refractivity contribution in [2.75, 3.05) is 4.90 Å². The van der Waals surface area contributed by atoms with Crippen molar-refractivity contribution >= 4 is 17.5 Å². The van der Waals surface area contributed by atoms with E-state index in [1.807, 2.05) is 44.2 Å². The van der Waals surface area contributed by atoms with E-state index in [1.54, 1.807) is 11.0 Å². The fraction of sp³-hybridized carbons (Fsp3) is 0.364. The molecule has 142 valence electrons. The van der Waals surface area contributed by atoms with Crippen LogP contribution in [-0.2, 0) is 22.6 Å². The summed E-state index contributed by atoms with van der Waals surface area (Å²) in [7, 11) is 0. The highest BCUT2D eigenvalue weighted by Gasteiger charge is 2.34. The predicted octanol–water partition coefficient (Wildman–Crippen LogP) is 3.84. The lowest BCUT2D eigenvalue weighted by molar-refractivity contribution is -0.121. The SMILES string of the molecule is CC(C)NC(=O)Cc1ccc(N(Cc2cccc(F)c2)C(=O)C2CC2)cc1. The Morgan fingerprint density at radius 2 is 1.81 bits per heavy atom. The van der Waals surface area contributed by atoms with Crippen molar-refractivity contribution in [3.8, 4) is 0 Å². The first-order valence-electron chi connectivity index (χ1n) is 9.36. The Morgan fingerprint density at radius 3 is 2.41 bits per heavy atom. The molecule has 1 fully saturated rings. The number of rotatable bonds is 7. The van der Waals surface area contributed by atoms with E-state index in [2.05, 4.69) is 5.32 Å². The zero-order valence-electron chi connectivity index (χ0n) is 15.7. The van der Waals surface area contributed by atoms with Gasteiger partial charge in [0.05, 0.1) is 13.0 Å². The molecule has 1 saturated carbocycles. The molecule has 2 amide bonds. The molecule has 1 N–H and O–H groups in total. The van der Waals surface area contributed by atoms with E-state index in [0.717, 1.165) is 29.7 Å². The summed E-state index contributed by atoms with van der Waals surface area (Å²) in [5, 5.41) is 2.87. The van der Waals surface area contributed by atoms with E-state index in [4.69, 9.17) is 0 Å². The molecular weight excluding hydrogens is 343 g/mol. The molecule has 5 heteroatoms. The van der Waals surface area contributed by atoms with Gasteiger partial charge in [-0.1, -0.05) is 24.3 Å². The lowest BCUT2D eigenvalue weighted by Crippen LogP contribution is -2.32. The maximum atomic E-state index is 13.5. The van der Waals surface area contributed by atoms with Gasteiger partial charge in [0.25, 0.3) is 0 Å². The first kappa shape index (κ1) is 19.1. The Labute approximate surface area is 159 Å². The molecule has 1 aliphatic rings. The van der Waals surface area contributed by atoms with Crippen LogP contribution in [0.1, 0.15) is 37.8 Å². The van der Waals surface area contributed by atoms with Gasteiger partial charge in [-0.2, -0.15) is 0 Å². The van der Waals surface area contributed by atoms with Crippen molar-refractivity contribution in [3.63, 3.8) is 0 Å². The van der Waals surface area contributed by atoms with Gasteiger partial charge >= 0.3 is 0 Å². The highest BCUT2D eigenvalue weighted by molar-refractivity contribution is 5.96. The maximum Gasteiger partial charge on any atom is 0.230 e. The summed E-state index contributed by atoms with van der Waals surface area (Å²) in [5.74, 6) is -0.194. The van der Waals surface area contributed by atoms with Gasteiger partial charge in [0, 0.05) is 17.6 Å². The van der Waals surface area contributed by atoms with Crippen molar-refractivity contribution in [1.29, 1.82) is 0 Å². The second kappa shape index (κ2) is 8.33. The topological polar surface area (TPSA) is 49.4 Å². The molecule has 0 aliphatic heterocycles. The van der Waals surface area contributed by atoms with Crippen LogP contribution in [0.5, 0.6) is 0 Å². The third-order valence-electron chi connectivity index (χ3n) is 4.48. The Bertz CT molecular complexity index is 813. The lowest BCUT2D eigenvalue weighted by Gasteiger charge is -2.23. The maximum absolute atomic E-state index is 13.5. The largest absolute Gasteiger partial charge is 0.354 e. The molecule has 1 aliphatic carbocycles. The van der Waals surface area contributed by atoms with Crippen molar-refractivity contribution < 1.29 is 14.0 Å². The highest BCUT2D eigenvalue weighted by Crippen LogP contribution is 2.33. The Kier molecular flexibility index (Phi) is 5.89. The van der Waals surface area contributed by atoms with Crippen LogP contribution in [0.15, 0.2) is 48.5 Å². The molecule has 2 aromatic rings. The molecule has 0 unspecified atom stereocenters. The van der Waals surface area contributed by atoms with Gasteiger partial charge in [0.1, 0.15) is 5.82 Å². The third kappa shape index (κ3) is 5.39. The van der Waals surface area contributed by atoms with E-state index in [1.165, 1.54) is 12.1 Å². The summed E-state index contributed by atoms with van der Waals surface area (Å²) in [6.07, 6.45) is 2.12. The number of carbonyl (C=O) groups excluding carboxylic acids is 2. The fourth-order valence-electron chi connectivity index (χ4n) is 3.02. The summed E-state index contributed by atoms with van der Waals surface area (Å²) in [6, 6.07) is 13.9. The third-order valence-corrected chi connectivity index (χ3v) is 4.48. The number of halogens is 1. The minimum Gasteiger partial charge on any atom is -0.354 e. The number of amides is 2. The second-order valence-electron chi connectivity index (χ2n) is 7.39. The molecule has 0 spiro atoms. The van der Waals surface area contributed by atoms with Crippen LogP contribution in [0.25, 0.3) is 0 Å². The van der Waals surface area contributed by atoms with Crippen LogP contribution in [-0.4, -0.2) is 17.9 Å². The van der Waals surface area contributed by atoms with Crippen molar-refractivity contribution in [2.24, 2.45) is 5.92 Å². The summed E-state index contributed by atoms with van der Waals surface area (Å²) < 4.78 is 13.5. The molecule has 0 aromatic heterocycles. The minimum absolute atomic E-state index is 0.0246. The molecule has 0 radical (unpaired) electrons. The highest BCUT2D eigenvalue weighted by atomic mass is 19.1. The van der Waals surface area contributed by atoms with Gasteiger partial charge in [0.2, 0.25) is 11.8 Å². The number of anilines is 1. The lowest BCUT2D eigenvalue weighted by atomic mass is 10.1. The first-order valence-corrected chi connectivity index (χ1v) is 9.36. The number of benzene rings is 2. The van der Waals surface area contributed by atoms with Crippen LogP contribution in [0.2, 0.25) is 0 Å². The summed E-state index contributed by atoms with van der Waals surface area (Å²) in [4.78, 5) is 26.4. The molecule has 0 saturated heterocycles. The van der Waals surface area contributed by atoms with Crippen LogP contribution < -0.4 is 10.2 Å². The number of carbonyl (C=O) groups is 2. The molecule has 27 heavy (non-hydrogen) atoms. The van der Waals surface area contributed by atoms with Crippen molar-refractivity contribution in [3.05, 3.63) is 65.5 Å². The molecule has 0 bridgehead atoms. The number of nitrogens with one attached hydrogen (secondary N) is 1. The van der Waals surface area contributed by atoms with E-state index in [0.29, 0.717) is 13.0 Å². The van der Waals surface area contributed by atoms with Crippen LogP contribution in [0, 0.1) is 11.7 Å². The van der Waals surface area contributed by atoms with E-state index in [9.17, 15) is 14.0 Å². The molecule has 4 nitrogen and oxygen atoms in total. The number of hydrogen-bond donors (Lipinski definition) is 1. The van der Waals surface area contributed by atoms with E-state index >= 15 is 0 Å². The Balaban J connectivity index is 1.76. The molecule has 0 heterocycles. The normalized spacial score (nSPS) is 13.5. The van der Waals surface area contributed by atoms with Gasteiger partial charge in [0.15, 0.2) is 0 Å². The smallest absolute Gasteiger partial charge is 0.230 e. The van der Waals surface area contributed by atoms with Gasteiger partial charge in [-0.15, -0.1) is 0 Å². The second-order valence-corrected chi connectivity index (χ2v) is 7.39. The Hall–Kier alpha value is -2.69. The first-order chi connectivity index (χ1) is 12.9.